The first-order chi connectivity index (χ1) is 9.56. The zero-order chi connectivity index (χ0) is 14.5. The molecule has 0 aliphatic carbocycles. The largest absolute Gasteiger partial charge is 0.549 e. The van der Waals surface area contributed by atoms with Crippen LogP contribution in [0.5, 0.6) is 0 Å². The Bertz CT molecular complexity index is 617. The molecule has 0 fully saturated rings. The Kier molecular flexibility index (Phi) is 4.86. The average Bonchev–Trinajstić information content (AvgIpc) is 2.75. The molecule has 106 valence electrons. The molecule has 0 unspecified atom stereocenters. The zero-order valence-corrected chi connectivity index (χ0v) is 12.2. The molecule has 6 nitrogen and oxygen atoms in total. The number of carboxylic acid groups (broad SMARTS) is 1. The van der Waals surface area contributed by atoms with Crippen molar-refractivity contribution in [2.24, 2.45) is 7.05 Å². The van der Waals surface area contributed by atoms with Gasteiger partial charge < -0.3 is 19.8 Å². The van der Waals surface area contributed by atoms with Crippen LogP contribution in [-0.2, 0) is 18.4 Å². The van der Waals surface area contributed by atoms with Gasteiger partial charge in [0.15, 0.2) is 11.0 Å². The molecule has 0 bridgehead atoms. The summed E-state index contributed by atoms with van der Waals surface area (Å²) in [6.45, 7) is 0.468. The number of anilines is 1. The highest BCUT2D eigenvalue weighted by Gasteiger charge is 2.09. The van der Waals surface area contributed by atoms with Gasteiger partial charge in [0.05, 0.1) is 12.5 Å². The number of nitrogens with one attached hydrogen (secondary N) is 1. The van der Waals surface area contributed by atoms with Crippen molar-refractivity contribution in [3.05, 3.63) is 35.1 Å². The van der Waals surface area contributed by atoms with E-state index in [4.69, 9.17) is 11.6 Å². The third-order valence-corrected chi connectivity index (χ3v) is 3.75. The van der Waals surface area contributed by atoms with E-state index in [1.807, 2.05) is 18.2 Å². The van der Waals surface area contributed by atoms with Crippen molar-refractivity contribution in [3.8, 4) is 0 Å². The Morgan fingerprint density at radius 2 is 2.30 bits per heavy atom. The minimum atomic E-state index is -1.13. The third-order valence-electron chi connectivity index (χ3n) is 2.52. The first kappa shape index (κ1) is 14.7. The Balaban J connectivity index is 1.98. The van der Waals surface area contributed by atoms with Crippen molar-refractivity contribution in [1.82, 2.24) is 14.8 Å². The molecule has 1 N–H and O–H groups in total. The monoisotopic (exact) mass is 311 g/mol. The van der Waals surface area contributed by atoms with Crippen molar-refractivity contribution < 1.29 is 9.90 Å². The molecule has 0 spiro atoms. The Morgan fingerprint density at radius 1 is 1.50 bits per heavy atom. The maximum Gasteiger partial charge on any atom is 0.191 e. The maximum atomic E-state index is 10.4. The Hall–Kier alpha value is -1.73. The summed E-state index contributed by atoms with van der Waals surface area (Å²) in [6, 6.07) is 7.35. The van der Waals surface area contributed by atoms with Gasteiger partial charge in [0.2, 0.25) is 0 Å². The van der Waals surface area contributed by atoms with E-state index in [1.165, 1.54) is 0 Å². The number of hydrogen-bond acceptors (Lipinski definition) is 6. The quantitative estimate of drug-likeness (QED) is 0.799. The summed E-state index contributed by atoms with van der Waals surface area (Å²) in [5, 5.41) is 22.7. The molecule has 1 heterocycles. The topological polar surface area (TPSA) is 82.9 Å². The van der Waals surface area contributed by atoms with Crippen molar-refractivity contribution in [3.63, 3.8) is 0 Å². The number of halogens is 1. The van der Waals surface area contributed by atoms with Crippen LogP contribution in [0.15, 0.2) is 29.4 Å². The first-order valence-electron chi connectivity index (χ1n) is 5.76. The van der Waals surface area contributed by atoms with Crippen LogP contribution in [0.4, 0.5) is 5.69 Å². The number of thioether (sulfide) groups is 1. The predicted molar refractivity (Wildman–Crippen MR) is 75.5 cm³/mol. The van der Waals surface area contributed by atoms with Crippen LogP contribution in [0.25, 0.3) is 0 Å². The summed E-state index contributed by atoms with van der Waals surface area (Å²) in [6.07, 6.45) is 0. The number of rotatable bonds is 6. The molecule has 0 aliphatic rings. The SMILES string of the molecule is Cn1c(CNc2cccc(Cl)c2)nnc1SCC(=O)[O-]. The van der Waals surface area contributed by atoms with Gasteiger partial charge in [0.25, 0.3) is 0 Å². The van der Waals surface area contributed by atoms with Crippen LogP contribution in [0, 0.1) is 0 Å². The number of carbonyl (C=O) groups excluding carboxylic acids is 1. The lowest BCUT2D eigenvalue weighted by molar-refractivity contribution is -0.301. The first-order valence-corrected chi connectivity index (χ1v) is 7.13. The van der Waals surface area contributed by atoms with Crippen LogP contribution < -0.4 is 10.4 Å². The lowest BCUT2D eigenvalue weighted by atomic mass is 10.3. The number of carbonyl (C=O) groups is 1. The number of nitrogens with zero attached hydrogens (tertiary/aromatic N) is 3. The lowest BCUT2D eigenvalue weighted by Gasteiger charge is -2.07. The highest BCUT2D eigenvalue weighted by molar-refractivity contribution is 7.99. The van der Waals surface area contributed by atoms with Crippen molar-refractivity contribution in [2.75, 3.05) is 11.1 Å². The van der Waals surface area contributed by atoms with Crippen LogP contribution in [0.3, 0.4) is 0 Å². The van der Waals surface area contributed by atoms with E-state index in [2.05, 4.69) is 15.5 Å². The molecule has 2 rings (SSSR count). The predicted octanol–water partition coefficient (Wildman–Crippen LogP) is 0.923. The maximum absolute atomic E-state index is 10.4. The molecular weight excluding hydrogens is 300 g/mol. The number of carboxylic acids is 1. The summed E-state index contributed by atoms with van der Waals surface area (Å²) < 4.78 is 1.74. The minimum Gasteiger partial charge on any atom is -0.549 e. The number of aromatic nitrogens is 3. The number of benzene rings is 1. The van der Waals surface area contributed by atoms with Gasteiger partial charge in [-0.1, -0.05) is 29.4 Å². The van der Waals surface area contributed by atoms with Gasteiger partial charge in [0.1, 0.15) is 0 Å². The number of aliphatic carboxylic acids is 1. The second-order valence-corrected chi connectivity index (χ2v) is 5.36. The molecule has 8 heteroatoms. The van der Waals surface area contributed by atoms with E-state index in [-0.39, 0.29) is 5.75 Å². The summed E-state index contributed by atoms with van der Waals surface area (Å²) in [5.41, 5.74) is 0.879. The van der Waals surface area contributed by atoms with Crippen LogP contribution in [0.2, 0.25) is 5.02 Å². The normalized spacial score (nSPS) is 10.5. The molecule has 1 aromatic carbocycles. The summed E-state index contributed by atoms with van der Waals surface area (Å²) >= 11 is 6.97. The number of hydrogen-bond donors (Lipinski definition) is 1. The standard InChI is InChI=1S/C12H13ClN4O2S/c1-17-10(15-16-12(17)20-7-11(18)19)6-14-9-4-2-3-8(13)5-9/h2-5,14H,6-7H2,1H3,(H,18,19)/p-1. The highest BCUT2D eigenvalue weighted by atomic mass is 35.5. The second-order valence-electron chi connectivity index (χ2n) is 3.98. The molecule has 20 heavy (non-hydrogen) atoms. The highest BCUT2D eigenvalue weighted by Crippen LogP contribution is 2.17. The van der Waals surface area contributed by atoms with Gasteiger partial charge in [0, 0.05) is 23.5 Å². The van der Waals surface area contributed by atoms with Crippen LogP contribution >= 0.6 is 23.4 Å². The van der Waals surface area contributed by atoms with Crippen molar-refractivity contribution >= 4 is 35.0 Å². The van der Waals surface area contributed by atoms with Gasteiger partial charge in [-0.3, -0.25) is 0 Å². The van der Waals surface area contributed by atoms with E-state index in [1.54, 1.807) is 17.7 Å². The zero-order valence-electron chi connectivity index (χ0n) is 10.7. The molecule has 0 radical (unpaired) electrons. The van der Waals surface area contributed by atoms with Crippen LogP contribution in [0.1, 0.15) is 5.82 Å². The van der Waals surface area contributed by atoms with E-state index in [9.17, 15) is 9.90 Å². The van der Waals surface area contributed by atoms with E-state index < -0.39 is 5.97 Å². The Morgan fingerprint density at radius 3 is 3.00 bits per heavy atom. The molecule has 2 aromatic rings. The second kappa shape index (κ2) is 6.62. The van der Waals surface area contributed by atoms with Gasteiger partial charge in [-0.15, -0.1) is 10.2 Å². The van der Waals surface area contributed by atoms with E-state index in [0.29, 0.717) is 22.5 Å². The fourth-order valence-electron chi connectivity index (χ4n) is 1.53. The van der Waals surface area contributed by atoms with Crippen molar-refractivity contribution in [1.29, 1.82) is 0 Å². The van der Waals surface area contributed by atoms with Gasteiger partial charge in [-0.05, 0) is 18.2 Å². The minimum absolute atomic E-state index is 0.145. The van der Waals surface area contributed by atoms with Gasteiger partial charge >= 0.3 is 0 Å². The third kappa shape index (κ3) is 3.88. The lowest BCUT2D eigenvalue weighted by Crippen LogP contribution is -2.24. The fourth-order valence-corrected chi connectivity index (χ4v) is 2.36. The van der Waals surface area contributed by atoms with E-state index >= 15 is 0 Å². The van der Waals surface area contributed by atoms with Crippen molar-refractivity contribution in [2.45, 2.75) is 11.7 Å². The summed E-state index contributed by atoms with van der Waals surface area (Å²) in [7, 11) is 1.78. The summed E-state index contributed by atoms with van der Waals surface area (Å²) in [4.78, 5) is 10.4. The molecule has 1 aromatic heterocycles. The molecule has 0 saturated carbocycles. The fraction of sp³-hybridized carbons (Fsp3) is 0.250. The van der Waals surface area contributed by atoms with Crippen LogP contribution in [-0.4, -0.2) is 26.5 Å². The summed E-state index contributed by atoms with van der Waals surface area (Å²) in [5.74, 6) is -0.573. The Labute approximate surface area is 125 Å². The molecule has 0 saturated heterocycles. The van der Waals surface area contributed by atoms with Gasteiger partial charge in [-0.25, -0.2) is 0 Å². The average molecular weight is 312 g/mol. The smallest absolute Gasteiger partial charge is 0.191 e. The molecule has 0 atom stereocenters. The molecule has 0 amide bonds. The molecule has 0 aliphatic heterocycles. The van der Waals surface area contributed by atoms with Gasteiger partial charge in [-0.2, -0.15) is 0 Å². The van der Waals surface area contributed by atoms with E-state index in [0.717, 1.165) is 17.4 Å². The molecular formula is C12H12ClN4O2S-.